The predicted octanol–water partition coefficient (Wildman–Crippen LogP) is 4.59. The van der Waals surface area contributed by atoms with Gasteiger partial charge in [-0.05, 0) is 97.5 Å². The number of carbonyl (C=O) groups is 3. The van der Waals surface area contributed by atoms with E-state index in [2.05, 4.69) is 18.7 Å². The Labute approximate surface area is 198 Å². The van der Waals surface area contributed by atoms with Gasteiger partial charge in [-0.25, -0.2) is 9.59 Å². The molecule has 0 radical (unpaired) electrons. The second-order valence-corrected chi connectivity index (χ2v) is 8.06. The van der Waals surface area contributed by atoms with Crippen LogP contribution in [-0.4, -0.2) is 46.1 Å². The number of carbonyl (C=O) groups excluding carboxylic acids is 1. The Morgan fingerprint density at radius 2 is 1.50 bits per heavy atom. The summed E-state index contributed by atoms with van der Waals surface area (Å²) in [5.41, 5.74) is 3.24. The number of phenols is 1. The van der Waals surface area contributed by atoms with Crippen molar-refractivity contribution in [3.8, 4) is 5.75 Å². The number of aryl methyl sites for hydroxylation is 1. The molecule has 176 valence electrons. The average molecular weight is 462 g/mol. The zero-order valence-corrected chi connectivity index (χ0v) is 19.5. The number of Topliss-reactive ketones (excluding diaryl/α,β-unsaturated/α-hetero) is 1. The summed E-state index contributed by atoms with van der Waals surface area (Å²) in [5, 5.41) is 29.4. The highest BCUT2D eigenvalue weighted by molar-refractivity contribution is 6.25. The Bertz CT molecular complexity index is 1260. The minimum Gasteiger partial charge on any atom is -0.507 e. The molecule has 2 aromatic rings. The number of carboxylic acid groups (broad SMARTS) is 2. The van der Waals surface area contributed by atoms with Crippen molar-refractivity contribution in [2.24, 2.45) is 0 Å². The van der Waals surface area contributed by atoms with Gasteiger partial charge in [-0.15, -0.1) is 0 Å². The van der Waals surface area contributed by atoms with Crippen LogP contribution in [0, 0.1) is 6.92 Å². The molecule has 1 aliphatic rings. The smallest absolute Gasteiger partial charge is 0.339 e. The molecule has 3 N–H and O–H groups in total. The molecule has 0 unspecified atom stereocenters. The largest absolute Gasteiger partial charge is 0.507 e. The van der Waals surface area contributed by atoms with E-state index in [1.807, 2.05) is 24.3 Å². The minimum absolute atomic E-state index is 0.261. The van der Waals surface area contributed by atoms with E-state index in [-0.39, 0.29) is 22.5 Å². The highest BCUT2D eigenvalue weighted by Crippen LogP contribution is 2.36. The summed E-state index contributed by atoms with van der Waals surface area (Å²) in [6, 6.07) is 10.7. The Morgan fingerprint density at radius 3 is 2.03 bits per heavy atom. The highest BCUT2D eigenvalue weighted by atomic mass is 16.4. The van der Waals surface area contributed by atoms with E-state index in [1.54, 1.807) is 26.0 Å². The third-order valence-electron chi connectivity index (χ3n) is 5.90. The van der Waals surface area contributed by atoms with E-state index in [4.69, 9.17) is 0 Å². The van der Waals surface area contributed by atoms with Crippen molar-refractivity contribution in [1.82, 2.24) is 0 Å². The maximum absolute atomic E-state index is 12.4. The molecule has 7 heteroatoms. The van der Waals surface area contributed by atoms with Gasteiger partial charge in [0.25, 0.3) is 0 Å². The predicted molar refractivity (Wildman–Crippen MR) is 130 cm³/mol. The zero-order valence-electron chi connectivity index (χ0n) is 19.5. The lowest BCUT2D eigenvalue weighted by Crippen LogP contribution is -2.21. The highest BCUT2D eigenvalue weighted by Gasteiger charge is 2.25. The van der Waals surface area contributed by atoms with Gasteiger partial charge < -0.3 is 20.2 Å². The van der Waals surface area contributed by atoms with Crippen molar-refractivity contribution in [1.29, 1.82) is 0 Å². The van der Waals surface area contributed by atoms with E-state index in [0.717, 1.165) is 18.8 Å². The topological polar surface area (TPSA) is 115 Å². The Morgan fingerprint density at radius 1 is 0.882 bits per heavy atom. The van der Waals surface area contributed by atoms with Gasteiger partial charge in [0, 0.05) is 18.8 Å². The normalized spacial score (nSPS) is 14.9. The number of allylic oxidation sites excluding steroid dienone is 4. The van der Waals surface area contributed by atoms with Crippen LogP contribution in [0.2, 0.25) is 0 Å². The zero-order chi connectivity index (χ0) is 25.2. The molecule has 2 aromatic carbocycles. The summed E-state index contributed by atoms with van der Waals surface area (Å²) in [7, 11) is 0. The first-order valence-electron chi connectivity index (χ1n) is 10.9. The summed E-state index contributed by atoms with van der Waals surface area (Å²) >= 11 is 0. The lowest BCUT2D eigenvalue weighted by atomic mass is 9.85. The van der Waals surface area contributed by atoms with Crippen molar-refractivity contribution in [2.75, 3.05) is 18.0 Å². The van der Waals surface area contributed by atoms with Crippen LogP contribution in [0.3, 0.4) is 0 Å². The number of aromatic hydroxyl groups is 1. The number of nitrogens with zero attached hydrogens (tertiary/aromatic N) is 1. The molecular formula is C27H27NO6. The first kappa shape index (κ1) is 24.5. The molecule has 1 aliphatic carbocycles. The SMILES string of the molecule is CCN(CC)c1ccc(/C(=C2\C=C(C)C(=O)C(C(=O)O)=C2)c2cc(C)c(O)c(C(=O)O)c2)cc1. The fourth-order valence-corrected chi connectivity index (χ4v) is 4.09. The third-order valence-corrected chi connectivity index (χ3v) is 5.90. The van der Waals surface area contributed by atoms with Crippen LogP contribution >= 0.6 is 0 Å². The monoisotopic (exact) mass is 461 g/mol. The van der Waals surface area contributed by atoms with Gasteiger partial charge in [-0.1, -0.05) is 12.1 Å². The van der Waals surface area contributed by atoms with Gasteiger partial charge in [-0.3, -0.25) is 4.79 Å². The number of anilines is 1. The molecular weight excluding hydrogens is 434 g/mol. The Kier molecular flexibility index (Phi) is 7.05. The van der Waals surface area contributed by atoms with Crippen molar-refractivity contribution in [3.05, 3.63) is 87.5 Å². The molecule has 0 fully saturated rings. The average Bonchev–Trinajstić information content (AvgIpc) is 2.79. The second kappa shape index (κ2) is 9.79. The van der Waals surface area contributed by atoms with Gasteiger partial charge in [0.15, 0.2) is 5.78 Å². The standard InChI is InChI=1S/C27H27NO6/c1-5-28(6-2)20-9-7-17(8-10-20)23(18-11-15(3)24(29)21(13-18)26(31)32)19-12-16(4)25(30)22(14-19)27(33)34/h7-14,29H,5-6H2,1-4H3,(H,31,32)(H,33,34)/b23-19-. The maximum atomic E-state index is 12.4. The van der Waals surface area contributed by atoms with Gasteiger partial charge in [0.2, 0.25) is 0 Å². The summed E-state index contributed by atoms with van der Waals surface area (Å²) in [5.74, 6) is -3.51. The lowest BCUT2D eigenvalue weighted by Gasteiger charge is -2.22. The number of hydrogen-bond acceptors (Lipinski definition) is 5. The molecule has 0 heterocycles. The first-order chi connectivity index (χ1) is 16.1. The van der Waals surface area contributed by atoms with E-state index in [0.29, 0.717) is 27.8 Å². The molecule has 0 saturated carbocycles. The van der Waals surface area contributed by atoms with E-state index < -0.39 is 17.7 Å². The van der Waals surface area contributed by atoms with Crippen molar-refractivity contribution >= 4 is 29.0 Å². The summed E-state index contributed by atoms with van der Waals surface area (Å²) in [4.78, 5) is 38.0. The van der Waals surface area contributed by atoms with Gasteiger partial charge in [0.1, 0.15) is 16.9 Å². The molecule has 0 saturated heterocycles. The third kappa shape index (κ3) is 4.64. The van der Waals surface area contributed by atoms with Crippen LogP contribution in [0.4, 0.5) is 5.69 Å². The minimum atomic E-state index is -1.33. The molecule has 0 spiro atoms. The van der Waals surface area contributed by atoms with E-state index in [1.165, 1.54) is 12.1 Å². The summed E-state index contributed by atoms with van der Waals surface area (Å²) < 4.78 is 0. The van der Waals surface area contributed by atoms with Crippen molar-refractivity contribution in [2.45, 2.75) is 27.7 Å². The number of rotatable bonds is 7. The van der Waals surface area contributed by atoms with Crippen LogP contribution in [-0.2, 0) is 9.59 Å². The van der Waals surface area contributed by atoms with Crippen LogP contribution in [0.25, 0.3) is 5.57 Å². The Balaban J connectivity index is 2.35. The number of aliphatic carboxylic acids is 1. The number of carboxylic acids is 2. The molecule has 0 atom stereocenters. The second-order valence-electron chi connectivity index (χ2n) is 8.06. The van der Waals surface area contributed by atoms with Crippen molar-refractivity contribution < 1.29 is 29.7 Å². The van der Waals surface area contributed by atoms with Crippen LogP contribution in [0.15, 0.2) is 65.3 Å². The number of ketones is 1. The van der Waals surface area contributed by atoms with Crippen LogP contribution in [0.1, 0.15) is 47.8 Å². The fourth-order valence-electron chi connectivity index (χ4n) is 4.09. The molecule has 0 bridgehead atoms. The fraction of sp³-hybridized carbons (Fsp3) is 0.222. The number of aromatic carboxylic acids is 1. The van der Waals surface area contributed by atoms with Gasteiger partial charge in [0.05, 0.1) is 0 Å². The number of hydrogen-bond donors (Lipinski definition) is 3. The molecule has 7 nitrogen and oxygen atoms in total. The van der Waals surface area contributed by atoms with E-state index >= 15 is 0 Å². The molecule has 34 heavy (non-hydrogen) atoms. The molecule has 3 rings (SSSR count). The maximum Gasteiger partial charge on any atom is 0.339 e. The molecule has 0 amide bonds. The van der Waals surface area contributed by atoms with Crippen LogP contribution < -0.4 is 4.90 Å². The lowest BCUT2D eigenvalue weighted by molar-refractivity contribution is -0.134. The first-order valence-corrected chi connectivity index (χ1v) is 10.9. The van der Waals surface area contributed by atoms with Crippen molar-refractivity contribution in [3.63, 3.8) is 0 Å². The quantitative estimate of drug-likeness (QED) is 0.517. The van der Waals surface area contributed by atoms with E-state index in [9.17, 15) is 29.7 Å². The van der Waals surface area contributed by atoms with Gasteiger partial charge in [-0.2, -0.15) is 0 Å². The molecule has 0 aromatic heterocycles. The summed E-state index contributed by atoms with van der Waals surface area (Å²) in [6.45, 7) is 8.92. The van der Waals surface area contributed by atoms with Gasteiger partial charge >= 0.3 is 11.9 Å². The summed E-state index contributed by atoms with van der Waals surface area (Å²) in [6.07, 6.45) is 2.92. The Hall–Kier alpha value is -4.13. The molecule has 0 aliphatic heterocycles. The number of benzene rings is 2. The van der Waals surface area contributed by atoms with Crippen LogP contribution in [0.5, 0.6) is 5.75 Å².